The van der Waals surface area contributed by atoms with Crippen molar-refractivity contribution in [1.29, 1.82) is 0 Å². The summed E-state index contributed by atoms with van der Waals surface area (Å²) in [5, 5.41) is 10.3. The molecule has 0 saturated heterocycles. The Morgan fingerprint density at radius 2 is 1.47 bits per heavy atom. The molecule has 0 radical (unpaired) electrons. The van der Waals surface area contributed by atoms with Crippen molar-refractivity contribution in [3.63, 3.8) is 0 Å². The van der Waals surface area contributed by atoms with Gasteiger partial charge in [0.05, 0.1) is 5.60 Å². The van der Waals surface area contributed by atoms with Gasteiger partial charge in [-0.05, 0) is 80.0 Å². The van der Waals surface area contributed by atoms with Gasteiger partial charge in [0.15, 0.2) is 0 Å². The van der Waals surface area contributed by atoms with Crippen LogP contribution in [-0.4, -0.2) is 10.7 Å². The third kappa shape index (κ3) is 1.25. The van der Waals surface area contributed by atoms with Gasteiger partial charge in [0.25, 0.3) is 0 Å². The van der Waals surface area contributed by atoms with Crippen molar-refractivity contribution in [3.8, 4) is 0 Å². The maximum Gasteiger partial charge on any atom is 0.0653 e. The second-order valence-electron chi connectivity index (χ2n) is 8.63. The summed E-state index contributed by atoms with van der Waals surface area (Å²) in [6.45, 7) is 4.82. The quantitative estimate of drug-likeness (QED) is 0.785. The van der Waals surface area contributed by atoms with Crippen LogP contribution in [0.4, 0.5) is 0 Å². The van der Waals surface area contributed by atoms with Crippen LogP contribution < -0.4 is 0 Å². The van der Waals surface area contributed by atoms with Crippen LogP contribution in [0.5, 0.6) is 0 Å². The van der Waals surface area contributed by atoms with E-state index < -0.39 is 0 Å². The minimum atomic E-state index is -0.237. The average Bonchev–Trinajstić information content (AvgIpc) is 2.62. The Labute approximate surface area is 105 Å². The van der Waals surface area contributed by atoms with Crippen molar-refractivity contribution < 1.29 is 5.11 Å². The fraction of sp³-hybridized carbons (Fsp3) is 1.00. The molecule has 1 heteroatoms. The molecular weight excluding hydrogens is 208 g/mol. The van der Waals surface area contributed by atoms with E-state index in [1.54, 1.807) is 0 Å². The molecule has 0 aromatic carbocycles. The highest BCUT2D eigenvalue weighted by atomic mass is 16.3. The molecule has 0 heterocycles. The van der Waals surface area contributed by atoms with E-state index >= 15 is 0 Å². The molecule has 4 bridgehead atoms. The van der Waals surface area contributed by atoms with E-state index in [2.05, 4.69) is 13.8 Å². The maximum absolute atomic E-state index is 10.3. The first-order valence-electron chi connectivity index (χ1n) is 7.62. The van der Waals surface area contributed by atoms with Gasteiger partial charge in [0.1, 0.15) is 0 Å². The predicted octanol–water partition coefficient (Wildman–Crippen LogP) is 3.90. The molecule has 5 aliphatic rings. The molecule has 1 nitrogen and oxygen atoms in total. The minimum absolute atomic E-state index is 0.237. The first-order valence-corrected chi connectivity index (χ1v) is 7.62. The van der Waals surface area contributed by atoms with E-state index in [1.807, 2.05) is 0 Å². The number of rotatable bonds is 3. The third-order valence-corrected chi connectivity index (χ3v) is 7.10. The summed E-state index contributed by atoms with van der Waals surface area (Å²) >= 11 is 0. The predicted molar refractivity (Wildman–Crippen MR) is 68.6 cm³/mol. The van der Waals surface area contributed by atoms with Gasteiger partial charge >= 0.3 is 0 Å². The lowest BCUT2D eigenvalue weighted by atomic mass is 9.30. The van der Waals surface area contributed by atoms with Crippen LogP contribution in [0.1, 0.15) is 71.6 Å². The van der Waals surface area contributed by atoms with Crippen LogP contribution in [0.2, 0.25) is 0 Å². The fourth-order valence-electron chi connectivity index (χ4n) is 6.22. The topological polar surface area (TPSA) is 20.2 Å². The molecule has 0 amide bonds. The maximum atomic E-state index is 10.3. The lowest BCUT2D eigenvalue weighted by Crippen LogP contribution is -2.64. The van der Waals surface area contributed by atoms with Gasteiger partial charge in [0.2, 0.25) is 0 Å². The second kappa shape index (κ2) is 2.76. The third-order valence-electron chi connectivity index (χ3n) is 7.10. The van der Waals surface area contributed by atoms with Crippen LogP contribution in [0.15, 0.2) is 0 Å². The molecule has 5 fully saturated rings. The number of aliphatic hydroxyl groups is 1. The second-order valence-corrected chi connectivity index (χ2v) is 8.63. The van der Waals surface area contributed by atoms with Crippen LogP contribution in [0, 0.1) is 22.2 Å². The summed E-state index contributed by atoms with van der Waals surface area (Å²) in [5.41, 5.74) is 1.82. The van der Waals surface area contributed by atoms with Gasteiger partial charge in [-0.15, -0.1) is 0 Å². The number of hydrogen-bond donors (Lipinski definition) is 1. The fourth-order valence-corrected chi connectivity index (χ4v) is 6.22. The van der Waals surface area contributed by atoms with E-state index in [4.69, 9.17) is 0 Å². The molecule has 0 unspecified atom stereocenters. The van der Waals surface area contributed by atoms with Gasteiger partial charge in [0, 0.05) is 0 Å². The standard InChI is InChI=1S/C16H26O/c1-12(2)15-8-14(9-15,10-15)7-13-3-5-16(17,11-13)6-4-13/h12,17H,3-11H2,1-2H3. The van der Waals surface area contributed by atoms with Crippen LogP contribution in [-0.2, 0) is 0 Å². The molecule has 1 N–H and O–H groups in total. The highest BCUT2D eigenvalue weighted by Gasteiger charge is 2.70. The van der Waals surface area contributed by atoms with E-state index in [0.717, 1.165) is 36.0 Å². The first-order chi connectivity index (χ1) is 7.89. The molecule has 5 rings (SSSR count). The van der Waals surface area contributed by atoms with Crippen molar-refractivity contribution in [1.82, 2.24) is 0 Å². The zero-order valence-corrected chi connectivity index (χ0v) is 11.4. The summed E-state index contributed by atoms with van der Waals surface area (Å²) in [6, 6.07) is 0. The van der Waals surface area contributed by atoms with Crippen LogP contribution in [0.25, 0.3) is 0 Å². The molecule has 5 aliphatic carbocycles. The van der Waals surface area contributed by atoms with E-state index in [-0.39, 0.29) is 5.60 Å². The Balaban J connectivity index is 1.45. The first kappa shape index (κ1) is 10.8. The van der Waals surface area contributed by atoms with E-state index in [0.29, 0.717) is 5.41 Å². The summed E-state index contributed by atoms with van der Waals surface area (Å²) in [6.07, 6.45) is 12.0. The number of hydrogen-bond acceptors (Lipinski definition) is 1. The van der Waals surface area contributed by atoms with Gasteiger partial charge in [-0.2, -0.15) is 0 Å². The van der Waals surface area contributed by atoms with Crippen LogP contribution in [0.3, 0.4) is 0 Å². The van der Waals surface area contributed by atoms with Gasteiger partial charge < -0.3 is 5.11 Å². The summed E-state index contributed by atoms with van der Waals surface area (Å²) < 4.78 is 0. The summed E-state index contributed by atoms with van der Waals surface area (Å²) in [7, 11) is 0. The molecule has 96 valence electrons. The van der Waals surface area contributed by atoms with Gasteiger partial charge in [-0.1, -0.05) is 13.8 Å². The average molecular weight is 234 g/mol. The molecule has 0 aliphatic heterocycles. The lowest BCUT2D eigenvalue weighted by molar-refractivity contribution is -0.245. The van der Waals surface area contributed by atoms with Gasteiger partial charge in [-0.25, -0.2) is 0 Å². The number of fused-ring (bicyclic) bond motifs is 2. The molecular formula is C16H26O. The largest absolute Gasteiger partial charge is 0.390 e. The van der Waals surface area contributed by atoms with Crippen molar-refractivity contribution in [2.45, 2.75) is 77.2 Å². The van der Waals surface area contributed by atoms with Crippen molar-refractivity contribution in [2.24, 2.45) is 22.2 Å². The Hall–Kier alpha value is -0.0400. The highest BCUT2D eigenvalue weighted by Crippen LogP contribution is 2.80. The Morgan fingerprint density at radius 3 is 1.88 bits per heavy atom. The minimum Gasteiger partial charge on any atom is -0.390 e. The van der Waals surface area contributed by atoms with Crippen molar-refractivity contribution in [2.75, 3.05) is 0 Å². The lowest BCUT2D eigenvalue weighted by Gasteiger charge is -2.74. The van der Waals surface area contributed by atoms with E-state index in [1.165, 1.54) is 38.5 Å². The molecule has 0 atom stereocenters. The Kier molecular flexibility index (Phi) is 1.76. The van der Waals surface area contributed by atoms with Gasteiger partial charge in [-0.3, -0.25) is 0 Å². The Bertz CT molecular complexity index is 340. The monoisotopic (exact) mass is 234 g/mol. The highest BCUT2D eigenvalue weighted by molar-refractivity contribution is 5.21. The van der Waals surface area contributed by atoms with Crippen LogP contribution >= 0.6 is 0 Å². The Morgan fingerprint density at radius 1 is 0.882 bits per heavy atom. The zero-order chi connectivity index (χ0) is 11.9. The SMILES string of the molecule is CC(C)C12CC(CC34CCC(O)(CC3)C4)(C1)C2. The van der Waals surface area contributed by atoms with E-state index in [9.17, 15) is 5.11 Å². The molecule has 17 heavy (non-hydrogen) atoms. The molecule has 5 saturated carbocycles. The van der Waals surface area contributed by atoms with Crippen molar-refractivity contribution in [3.05, 3.63) is 0 Å². The zero-order valence-electron chi connectivity index (χ0n) is 11.4. The van der Waals surface area contributed by atoms with Crippen molar-refractivity contribution >= 4 is 0 Å². The normalized spacial score (nSPS) is 59.3. The summed E-state index contributed by atoms with van der Waals surface area (Å²) in [4.78, 5) is 0. The smallest absolute Gasteiger partial charge is 0.0653 e. The summed E-state index contributed by atoms with van der Waals surface area (Å²) in [5.74, 6) is 0.894. The molecule has 0 spiro atoms. The molecule has 0 aromatic heterocycles. The molecule has 0 aromatic rings.